The summed E-state index contributed by atoms with van der Waals surface area (Å²) in [7, 11) is 0. The zero-order valence-electron chi connectivity index (χ0n) is 14.0. The molecule has 0 radical (unpaired) electrons. The number of rotatable bonds is 2. The summed E-state index contributed by atoms with van der Waals surface area (Å²) in [5.74, 6) is 3.32. The second-order valence-electron chi connectivity index (χ2n) is 8.03. The molecule has 4 bridgehead atoms. The molecule has 2 aromatic rings. The van der Waals surface area contributed by atoms with Gasteiger partial charge in [-0.25, -0.2) is 0 Å². The van der Waals surface area contributed by atoms with Gasteiger partial charge in [-0.1, -0.05) is 18.2 Å². The van der Waals surface area contributed by atoms with E-state index in [0.717, 1.165) is 29.1 Å². The summed E-state index contributed by atoms with van der Waals surface area (Å²) in [6, 6.07) is 9.80. The fraction of sp³-hybridized carbons (Fsp3) is 0.500. The van der Waals surface area contributed by atoms with Crippen LogP contribution < -0.4 is 10.6 Å². The maximum Gasteiger partial charge on any atom is 0.293 e. The van der Waals surface area contributed by atoms with E-state index in [4.69, 9.17) is 16.6 Å². The number of nitrogens with one attached hydrogen (secondary N) is 2. The standard InChI is InChI=1S/C20H22N2O2S/c23-19(17-10-13-3-1-2-4-16(13)24-17)22-20(25)21-18-14-6-11-5-12(8-14)9-15(18)7-11/h1-4,10-12,14-15,18H,5-9H2,(H2,21,22,23,25). The zero-order chi connectivity index (χ0) is 17.0. The Labute approximate surface area is 152 Å². The lowest BCUT2D eigenvalue weighted by atomic mass is 9.54. The molecular formula is C20H22N2O2S. The van der Waals surface area contributed by atoms with Crippen LogP contribution in [-0.2, 0) is 0 Å². The van der Waals surface area contributed by atoms with Gasteiger partial charge in [0.05, 0.1) is 0 Å². The smallest absolute Gasteiger partial charge is 0.293 e. The number of hydrogen-bond acceptors (Lipinski definition) is 3. The van der Waals surface area contributed by atoms with Crippen molar-refractivity contribution in [2.24, 2.45) is 23.7 Å². The number of fused-ring (bicyclic) bond motifs is 1. The van der Waals surface area contributed by atoms with Crippen molar-refractivity contribution in [3.05, 3.63) is 36.1 Å². The van der Waals surface area contributed by atoms with Crippen LogP contribution in [-0.4, -0.2) is 17.1 Å². The third-order valence-electron chi connectivity index (χ3n) is 6.40. The second-order valence-corrected chi connectivity index (χ2v) is 8.44. The first-order chi connectivity index (χ1) is 12.2. The quantitative estimate of drug-likeness (QED) is 0.804. The average Bonchev–Trinajstić information content (AvgIpc) is 3.02. The van der Waals surface area contributed by atoms with E-state index in [-0.39, 0.29) is 5.91 Å². The third kappa shape index (κ3) is 2.74. The first-order valence-corrected chi connectivity index (χ1v) is 9.67. The summed E-state index contributed by atoms with van der Waals surface area (Å²) >= 11 is 5.43. The van der Waals surface area contributed by atoms with Gasteiger partial charge in [0.25, 0.3) is 5.91 Å². The molecule has 1 heterocycles. The lowest BCUT2D eigenvalue weighted by molar-refractivity contribution is -0.00692. The number of hydrogen-bond donors (Lipinski definition) is 2. The van der Waals surface area contributed by atoms with Gasteiger partial charge in [0.15, 0.2) is 10.9 Å². The van der Waals surface area contributed by atoms with Gasteiger partial charge in [-0.2, -0.15) is 0 Å². The highest BCUT2D eigenvalue weighted by atomic mass is 32.1. The normalized spacial score (nSPS) is 32.7. The van der Waals surface area contributed by atoms with Crippen molar-refractivity contribution >= 4 is 34.2 Å². The molecule has 0 spiro atoms. The third-order valence-corrected chi connectivity index (χ3v) is 6.62. The van der Waals surface area contributed by atoms with Crippen molar-refractivity contribution in [1.82, 2.24) is 10.6 Å². The molecule has 0 unspecified atom stereocenters. The van der Waals surface area contributed by atoms with Crippen molar-refractivity contribution in [1.29, 1.82) is 0 Å². The molecule has 4 nitrogen and oxygen atoms in total. The van der Waals surface area contributed by atoms with Crippen LogP contribution in [0.15, 0.2) is 34.7 Å². The molecule has 0 aliphatic heterocycles. The summed E-state index contributed by atoms with van der Waals surface area (Å²) in [4.78, 5) is 12.4. The largest absolute Gasteiger partial charge is 0.451 e. The lowest BCUT2D eigenvalue weighted by Gasteiger charge is -2.54. The number of furan rings is 1. The van der Waals surface area contributed by atoms with Crippen LogP contribution in [0, 0.1) is 23.7 Å². The van der Waals surface area contributed by atoms with Crippen LogP contribution in [0.3, 0.4) is 0 Å². The van der Waals surface area contributed by atoms with Gasteiger partial charge in [0.2, 0.25) is 0 Å². The second kappa shape index (κ2) is 5.84. The summed E-state index contributed by atoms with van der Waals surface area (Å²) < 4.78 is 5.62. The summed E-state index contributed by atoms with van der Waals surface area (Å²) in [6.45, 7) is 0. The summed E-state index contributed by atoms with van der Waals surface area (Å²) in [5.41, 5.74) is 0.715. The number of carbonyl (C=O) groups excluding carboxylic acids is 1. The lowest BCUT2D eigenvalue weighted by Crippen LogP contribution is -2.57. The van der Waals surface area contributed by atoms with Crippen LogP contribution in [0.2, 0.25) is 0 Å². The van der Waals surface area contributed by atoms with Gasteiger partial charge in [-0.15, -0.1) is 0 Å². The fourth-order valence-electron chi connectivity index (χ4n) is 5.61. The Hall–Kier alpha value is -1.88. The molecule has 25 heavy (non-hydrogen) atoms. The Bertz CT molecular complexity index is 782. The predicted octanol–water partition coefficient (Wildman–Crippen LogP) is 3.86. The molecule has 1 aromatic heterocycles. The van der Waals surface area contributed by atoms with E-state index in [1.165, 1.54) is 32.1 Å². The number of thiocarbonyl (C=S) groups is 1. The molecule has 4 aliphatic carbocycles. The number of benzene rings is 1. The minimum Gasteiger partial charge on any atom is -0.451 e. The van der Waals surface area contributed by atoms with Gasteiger partial charge in [0.1, 0.15) is 5.58 Å². The van der Waals surface area contributed by atoms with E-state index in [0.29, 0.717) is 22.5 Å². The molecule has 6 rings (SSSR count). The molecule has 4 fully saturated rings. The Morgan fingerprint density at radius 3 is 2.40 bits per heavy atom. The Morgan fingerprint density at radius 2 is 1.72 bits per heavy atom. The number of amides is 1. The molecule has 4 aliphatic rings. The van der Waals surface area contributed by atoms with E-state index in [2.05, 4.69) is 10.6 Å². The van der Waals surface area contributed by atoms with E-state index in [1.807, 2.05) is 24.3 Å². The number of para-hydroxylation sites is 1. The van der Waals surface area contributed by atoms with Gasteiger partial charge < -0.3 is 9.73 Å². The fourth-order valence-corrected chi connectivity index (χ4v) is 5.84. The summed E-state index contributed by atoms with van der Waals surface area (Å²) in [5, 5.41) is 7.62. The first kappa shape index (κ1) is 15.4. The van der Waals surface area contributed by atoms with Gasteiger partial charge in [-0.05, 0) is 80.1 Å². The Balaban J connectivity index is 1.25. The van der Waals surface area contributed by atoms with Crippen LogP contribution >= 0.6 is 12.2 Å². The Kier molecular flexibility index (Phi) is 3.59. The van der Waals surface area contributed by atoms with Crippen LogP contribution in [0.25, 0.3) is 11.0 Å². The van der Waals surface area contributed by atoms with Crippen molar-refractivity contribution in [3.63, 3.8) is 0 Å². The molecule has 2 N–H and O–H groups in total. The maximum absolute atomic E-state index is 12.4. The molecule has 1 amide bonds. The SMILES string of the molecule is O=C(NC(=S)NC1C2CC3CC(C2)CC1C3)c1cc2ccccc2o1. The topological polar surface area (TPSA) is 54.3 Å². The van der Waals surface area contributed by atoms with Gasteiger partial charge in [-0.3, -0.25) is 10.1 Å². The molecule has 0 atom stereocenters. The Morgan fingerprint density at radius 1 is 1.04 bits per heavy atom. The molecule has 1 aromatic carbocycles. The molecule has 0 saturated heterocycles. The maximum atomic E-state index is 12.4. The van der Waals surface area contributed by atoms with Gasteiger partial charge >= 0.3 is 0 Å². The van der Waals surface area contributed by atoms with Crippen molar-refractivity contribution in [3.8, 4) is 0 Å². The molecule has 4 saturated carbocycles. The highest BCUT2D eigenvalue weighted by Crippen LogP contribution is 2.53. The highest BCUT2D eigenvalue weighted by molar-refractivity contribution is 7.80. The minimum absolute atomic E-state index is 0.280. The highest BCUT2D eigenvalue weighted by Gasteiger charge is 2.48. The van der Waals surface area contributed by atoms with Crippen LogP contribution in [0.4, 0.5) is 0 Å². The van der Waals surface area contributed by atoms with E-state index < -0.39 is 0 Å². The minimum atomic E-state index is -0.280. The van der Waals surface area contributed by atoms with E-state index in [9.17, 15) is 4.79 Å². The van der Waals surface area contributed by atoms with Crippen LogP contribution in [0.5, 0.6) is 0 Å². The molecule has 5 heteroatoms. The van der Waals surface area contributed by atoms with Crippen molar-refractivity contribution < 1.29 is 9.21 Å². The van der Waals surface area contributed by atoms with E-state index >= 15 is 0 Å². The molecule has 130 valence electrons. The monoisotopic (exact) mass is 354 g/mol. The molecular weight excluding hydrogens is 332 g/mol. The first-order valence-electron chi connectivity index (χ1n) is 9.26. The summed E-state index contributed by atoms with van der Waals surface area (Å²) in [6.07, 6.45) is 6.73. The van der Waals surface area contributed by atoms with Crippen molar-refractivity contribution in [2.45, 2.75) is 38.1 Å². The van der Waals surface area contributed by atoms with Crippen molar-refractivity contribution in [2.75, 3.05) is 0 Å². The van der Waals surface area contributed by atoms with Crippen LogP contribution in [0.1, 0.15) is 42.7 Å². The van der Waals surface area contributed by atoms with Gasteiger partial charge in [0, 0.05) is 11.4 Å². The van der Waals surface area contributed by atoms with E-state index in [1.54, 1.807) is 6.07 Å². The average molecular weight is 354 g/mol. The zero-order valence-corrected chi connectivity index (χ0v) is 14.9. The predicted molar refractivity (Wildman–Crippen MR) is 100 cm³/mol. The number of carbonyl (C=O) groups is 1.